The van der Waals surface area contributed by atoms with Gasteiger partial charge < -0.3 is 10.2 Å². The molecule has 0 radical (unpaired) electrons. The van der Waals surface area contributed by atoms with Crippen LogP contribution < -0.4 is 14.9 Å². The molecule has 0 saturated carbocycles. The Morgan fingerprint density at radius 2 is 2.03 bits per heavy atom. The van der Waals surface area contributed by atoms with Gasteiger partial charge in [-0.05, 0) is 60.9 Å². The van der Waals surface area contributed by atoms with Gasteiger partial charge in [0.1, 0.15) is 5.70 Å². The second kappa shape index (κ2) is 8.28. The molecule has 10 heteroatoms. The van der Waals surface area contributed by atoms with Gasteiger partial charge in [0.25, 0.3) is 5.91 Å². The van der Waals surface area contributed by atoms with Crippen LogP contribution in [0, 0.1) is 0 Å². The second-order valence-electron chi connectivity index (χ2n) is 6.91. The Kier molecular flexibility index (Phi) is 5.90. The van der Waals surface area contributed by atoms with Crippen molar-refractivity contribution in [3.8, 4) is 0 Å². The Bertz CT molecular complexity index is 1100. The lowest BCUT2D eigenvalue weighted by Gasteiger charge is -2.23. The summed E-state index contributed by atoms with van der Waals surface area (Å²) in [5.41, 5.74) is 2.94. The fraction of sp³-hybridized carbons (Fsp3) is 0.316. The van der Waals surface area contributed by atoms with Crippen molar-refractivity contribution in [2.45, 2.75) is 19.4 Å². The van der Waals surface area contributed by atoms with Crippen molar-refractivity contribution in [1.82, 2.24) is 10.0 Å². The zero-order chi connectivity index (χ0) is 20.6. The van der Waals surface area contributed by atoms with Crippen LogP contribution in [0.5, 0.6) is 0 Å². The minimum Gasteiger partial charge on any atom is -0.312 e. The zero-order valence-electron chi connectivity index (χ0n) is 15.4. The van der Waals surface area contributed by atoms with Crippen molar-refractivity contribution in [1.29, 1.82) is 0 Å². The van der Waals surface area contributed by atoms with E-state index in [-0.39, 0.29) is 18.0 Å². The van der Waals surface area contributed by atoms with Crippen molar-refractivity contribution in [3.05, 3.63) is 61.4 Å². The van der Waals surface area contributed by atoms with Crippen LogP contribution in [0.4, 0.5) is 5.69 Å². The van der Waals surface area contributed by atoms with E-state index in [1.54, 1.807) is 18.2 Å². The molecular weight excluding hydrogens is 453 g/mol. The number of thiophene rings is 1. The highest BCUT2D eigenvalue weighted by Gasteiger charge is 2.30. The van der Waals surface area contributed by atoms with Crippen molar-refractivity contribution in [2.75, 3.05) is 23.7 Å². The summed E-state index contributed by atoms with van der Waals surface area (Å²) in [7, 11) is -3.66. The second-order valence-corrected chi connectivity index (χ2v) is 11.0. The predicted octanol–water partition coefficient (Wildman–Crippen LogP) is 3.09. The molecule has 2 aliphatic rings. The van der Waals surface area contributed by atoms with Crippen LogP contribution in [0.15, 0.2) is 36.0 Å². The van der Waals surface area contributed by atoms with Crippen LogP contribution in [-0.4, -0.2) is 33.2 Å². The van der Waals surface area contributed by atoms with Crippen molar-refractivity contribution in [3.63, 3.8) is 0 Å². The largest absolute Gasteiger partial charge is 0.312 e. The maximum atomic E-state index is 12.8. The van der Waals surface area contributed by atoms with E-state index in [0.717, 1.165) is 35.5 Å². The van der Waals surface area contributed by atoms with Crippen LogP contribution >= 0.6 is 34.5 Å². The zero-order valence-corrected chi connectivity index (χ0v) is 18.5. The number of carbonyl (C=O) groups excluding carboxylic acids is 1. The summed E-state index contributed by atoms with van der Waals surface area (Å²) < 4.78 is 27.9. The van der Waals surface area contributed by atoms with E-state index in [1.807, 2.05) is 12.1 Å². The SMILES string of the molecule is O=C1C(NS(=O)(=O)CCc2ccc(Cl)s2)=CCN1c1cc2c(cc1Cl)CNCC2. The Morgan fingerprint density at radius 3 is 2.79 bits per heavy atom. The molecule has 0 spiro atoms. The van der Waals surface area contributed by atoms with Gasteiger partial charge in [0.15, 0.2) is 0 Å². The van der Waals surface area contributed by atoms with E-state index in [4.69, 9.17) is 23.2 Å². The smallest absolute Gasteiger partial charge is 0.275 e. The molecule has 2 aliphatic heterocycles. The summed E-state index contributed by atoms with van der Waals surface area (Å²) in [5.74, 6) is -0.523. The number of hydrogen-bond acceptors (Lipinski definition) is 5. The number of halogens is 2. The van der Waals surface area contributed by atoms with E-state index >= 15 is 0 Å². The van der Waals surface area contributed by atoms with Gasteiger partial charge in [-0.25, -0.2) is 8.42 Å². The molecule has 6 nitrogen and oxygen atoms in total. The maximum Gasteiger partial charge on any atom is 0.275 e. The molecule has 0 atom stereocenters. The highest BCUT2D eigenvalue weighted by atomic mass is 35.5. The van der Waals surface area contributed by atoms with Crippen molar-refractivity contribution >= 4 is 56.2 Å². The molecule has 154 valence electrons. The minimum atomic E-state index is -3.66. The molecule has 0 aliphatic carbocycles. The molecule has 0 unspecified atom stereocenters. The Morgan fingerprint density at radius 1 is 1.21 bits per heavy atom. The predicted molar refractivity (Wildman–Crippen MR) is 117 cm³/mol. The molecule has 1 amide bonds. The lowest BCUT2D eigenvalue weighted by molar-refractivity contribution is -0.114. The van der Waals surface area contributed by atoms with Gasteiger partial charge in [-0.2, -0.15) is 0 Å². The Balaban J connectivity index is 1.44. The first-order valence-corrected chi connectivity index (χ1v) is 12.3. The summed E-state index contributed by atoms with van der Waals surface area (Å²) >= 11 is 13.6. The van der Waals surface area contributed by atoms with Gasteiger partial charge in [-0.15, -0.1) is 11.3 Å². The third-order valence-electron chi connectivity index (χ3n) is 4.91. The fourth-order valence-corrected chi connectivity index (χ4v) is 6.03. The topological polar surface area (TPSA) is 78.5 Å². The van der Waals surface area contributed by atoms with Crippen LogP contribution in [0.25, 0.3) is 0 Å². The van der Waals surface area contributed by atoms with Crippen LogP contribution in [0.1, 0.15) is 16.0 Å². The molecule has 3 heterocycles. The highest BCUT2D eigenvalue weighted by molar-refractivity contribution is 7.89. The monoisotopic (exact) mass is 471 g/mol. The number of hydrogen-bond donors (Lipinski definition) is 2. The summed E-state index contributed by atoms with van der Waals surface area (Å²) in [6.07, 6.45) is 2.78. The van der Waals surface area contributed by atoms with Crippen LogP contribution in [0.3, 0.4) is 0 Å². The number of anilines is 1. The number of benzene rings is 1. The van der Waals surface area contributed by atoms with Gasteiger partial charge in [0, 0.05) is 18.0 Å². The van der Waals surface area contributed by atoms with E-state index in [0.29, 0.717) is 21.5 Å². The van der Waals surface area contributed by atoms with Gasteiger partial charge in [-0.3, -0.25) is 9.52 Å². The first kappa shape index (κ1) is 20.7. The molecule has 2 N–H and O–H groups in total. The Hall–Kier alpha value is -1.58. The summed E-state index contributed by atoms with van der Waals surface area (Å²) in [5, 5.41) is 3.77. The summed E-state index contributed by atoms with van der Waals surface area (Å²) in [6.45, 7) is 1.90. The number of amides is 1. The van der Waals surface area contributed by atoms with E-state index < -0.39 is 15.9 Å². The summed E-state index contributed by atoms with van der Waals surface area (Å²) in [6, 6.07) is 7.35. The molecule has 0 fully saturated rings. The summed E-state index contributed by atoms with van der Waals surface area (Å²) in [4.78, 5) is 15.2. The molecular formula is C19H19Cl2N3O3S2. The lowest BCUT2D eigenvalue weighted by Crippen LogP contribution is -2.35. The molecule has 0 saturated heterocycles. The molecule has 2 aromatic rings. The number of carbonyl (C=O) groups is 1. The van der Waals surface area contributed by atoms with Gasteiger partial charge in [-0.1, -0.05) is 23.2 Å². The van der Waals surface area contributed by atoms with Crippen molar-refractivity contribution in [2.24, 2.45) is 0 Å². The molecule has 0 bridgehead atoms. The van der Waals surface area contributed by atoms with Crippen LogP contribution in [0.2, 0.25) is 9.36 Å². The number of rotatable bonds is 6. The highest BCUT2D eigenvalue weighted by Crippen LogP contribution is 2.33. The number of nitrogens with one attached hydrogen (secondary N) is 2. The number of aryl methyl sites for hydroxylation is 1. The first-order valence-electron chi connectivity index (χ1n) is 9.11. The minimum absolute atomic E-state index is 0.0599. The van der Waals surface area contributed by atoms with Crippen molar-refractivity contribution < 1.29 is 13.2 Å². The number of nitrogens with zero attached hydrogens (tertiary/aromatic N) is 1. The molecule has 1 aromatic heterocycles. The third-order valence-corrected chi connectivity index (χ3v) is 7.78. The van der Waals surface area contributed by atoms with Gasteiger partial charge in [0.05, 0.1) is 20.8 Å². The molecule has 4 rings (SSSR count). The normalized spacial score (nSPS) is 16.7. The standard InChI is InChI=1S/C19H19Cl2N3O3S2/c20-15-9-13-11-22-6-3-12(13)10-17(15)24-7-4-16(19(24)25)23-29(26,27)8-5-14-1-2-18(21)28-14/h1-2,4,9-10,22-23H,3,5-8,11H2. The van der Waals surface area contributed by atoms with E-state index in [2.05, 4.69) is 10.0 Å². The average molecular weight is 472 g/mol. The fourth-order valence-electron chi connectivity index (χ4n) is 3.43. The maximum absolute atomic E-state index is 12.8. The Labute approximate surface area is 183 Å². The number of fused-ring (bicyclic) bond motifs is 1. The number of sulfonamides is 1. The third kappa shape index (κ3) is 4.62. The first-order chi connectivity index (χ1) is 13.8. The lowest BCUT2D eigenvalue weighted by atomic mass is 10.00. The van der Waals surface area contributed by atoms with Gasteiger partial charge >= 0.3 is 0 Å². The van der Waals surface area contributed by atoms with Crippen LogP contribution in [-0.2, 0) is 34.2 Å². The van der Waals surface area contributed by atoms with E-state index in [1.165, 1.54) is 16.2 Å². The van der Waals surface area contributed by atoms with E-state index in [9.17, 15) is 13.2 Å². The van der Waals surface area contributed by atoms with Gasteiger partial charge in [0.2, 0.25) is 10.0 Å². The quantitative estimate of drug-likeness (QED) is 0.678. The molecule has 1 aromatic carbocycles. The molecule has 29 heavy (non-hydrogen) atoms. The average Bonchev–Trinajstić information content (AvgIpc) is 3.25.